The Bertz CT molecular complexity index is 677. The maximum Gasteiger partial charge on any atom is 0.0710 e. The van der Waals surface area contributed by atoms with Gasteiger partial charge < -0.3 is 10.6 Å². The van der Waals surface area contributed by atoms with Gasteiger partial charge in [0.15, 0.2) is 0 Å². The highest BCUT2D eigenvalue weighted by Crippen LogP contribution is 2.27. The number of rotatable bonds is 4. The van der Waals surface area contributed by atoms with E-state index in [2.05, 4.69) is 85.1 Å². The Hall–Kier alpha value is -2.74. The topological polar surface area (TPSA) is 24.1 Å². The Labute approximate surface area is 131 Å². The van der Waals surface area contributed by atoms with Gasteiger partial charge in [-0.1, -0.05) is 47.5 Å². The summed E-state index contributed by atoms with van der Waals surface area (Å²) in [6.45, 7) is 4.16. The van der Waals surface area contributed by atoms with E-state index in [1.54, 1.807) is 0 Å². The van der Waals surface area contributed by atoms with Crippen molar-refractivity contribution in [2.24, 2.45) is 0 Å². The molecule has 0 saturated heterocycles. The summed E-state index contributed by atoms with van der Waals surface area (Å²) in [6, 6.07) is 26.8. The van der Waals surface area contributed by atoms with Crippen molar-refractivity contribution in [3.63, 3.8) is 0 Å². The molecule has 2 heteroatoms. The molecular formula is C20H18N2. The second kappa shape index (κ2) is 6.35. The van der Waals surface area contributed by atoms with E-state index in [1.807, 2.05) is 12.1 Å². The predicted molar refractivity (Wildman–Crippen MR) is 93.0 cm³/mol. The smallest absolute Gasteiger partial charge is 0.0710 e. The van der Waals surface area contributed by atoms with Gasteiger partial charge in [0.25, 0.3) is 0 Å². The minimum absolute atomic E-state index is 0.881. The molecule has 0 aliphatic heterocycles. The lowest BCUT2D eigenvalue weighted by Crippen LogP contribution is -1.97. The van der Waals surface area contributed by atoms with Crippen molar-refractivity contribution in [2.75, 3.05) is 10.6 Å². The maximum absolute atomic E-state index is 3.38. The third kappa shape index (κ3) is 3.47. The predicted octanol–water partition coefficient (Wildman–Crippen LogP) is 5.39. The lowest BCUT2D eigenvalue weighted by atomic mass is 10.2. The van der Waals surface area contributed by atoms with Gasteiger partial charge in [-0.2, -0.15) is 0 Å². The van der Waals surface area contributed by atoms with E-state index in [0.29, 0.717) is 0 Å². The average Bonchev–Trinajstić information content (AvgIpc) is 2.54. The summed E-state index contributed by atoms with van der Waals surface area (Å²) in [6.07, 6.45) is 0. The number of hydrogen-bond acceptors (Lipinski definition) is 2. The van der Waals surface area contributed by atoms with Crippen LogP contribution in [-0.2, 0) is 0 Å². The van der Waals surface area contributed by atoms with Crippen molar-refractivity contribution in [2.45, 2.75) is 13.8 Å². The number of hydrogen-bond donors (Lipinski definition) is 2. The fourth-order valence-corrected chi connectivity index (χ4v) is 2.15. The Morgan fingerprint density at radius 2 is 0.955 bits per heavy atom. The van der Waals surface area contributed by atoms with Gasteiger partial charge in [0.05, 0.1) is 11.4 Å². The van der Waals surface area contributed by atoms with E-state index < -0.39 is 0 Å². The van der Waals surface area contributed by atoms with Crippen molar-refractivity contribution < 1.29 is 0 Å². The fraction of sp³-hybridized carbons (Fsp3) is 0.100. The summed E-state index contributed by atoms with van der Waals surface area (Å²) in [5, 5.41) is 6.76. The molecule has 108 valence electrons. The van der Waals surface area contributed by atoms with E-state index in [-0.39, 0.29) is 0 Å². The number of aryl methyl sites for hydroxylation is 2. The molecule has 0 amide bonds. The molecule has 22 heavy (non-hydrogen) atoms. The molecule has 0 spiro atoms. The fourth-order valence-electron chi connectivity index (χ4n) is 2.15. The van der Waals surface area contributed by atoms with Gasteiger partial charge in [-0.05, 0) is 38.1 Å². The molecule has 0 bridgehead atoms. The zero-order valence-electron chi connectivity index (χ0n) is 12.8. The SMILES string of the molecule is Cc1ccc(Nc2[c]cc[c]c2Nc2ccc(C)cc2)cc1. The first kappa shape index (κ1) is 14.2. The molecule has 0 atom stereocenters. The molecule has 2 nitrogen and oxygen atoms in total. The summed E-state index contributed by atoms with van der Waals surface area (Å²) in [5.74, 6) is 0. The van der Waals surface area contributed by atoms with Gasteiger partial charge in [0, 0.05) is 23.5 Å². The molecule has 0 fully saturated rings. The van der Waals surface area contributed by atoms with Crippen LogP contribution in [0.5, 0.6) is 0 Å². The minimum Gasteiger partial charge on any atom is -0.353 e. The van der Waals surface area contributed by atoms with E-state index in [1.165, 1.54) is 11.1 Å². The Morgan fingerprint density at radius 1 is 0.591 bits per heavy atom. The minimum atomic E-state index is 0.881. The lowest BCUT2D eigenvalue weighted by Gasteiger charge is -2.13. The summed E-state index contributed by atoms with van der Waals surface area (Å²) in [4.78, 5) is 0. The van der Waals surface area contributed by atoms with E-state index >= 15 is 0 Å². The molecule has 2 radical (unpaired) electrons. The number of anilines is 4. The molecule has 0 unspecified atom stereocenters. The third-order valence-corrected chi connectivity index (χ3v) is 3.43. The standard InChI is InChI=1S/C20H18N2/c1-15-7-11-17(12-8-15)21-19-5-3-4-6-20(19)22-18-13-9-16(2)10-14-18/h3-4,7-14,21-22H,1-2H3. The van der Waals surface area contributed by atoms with Gasteiger partial charge in [-0.3, -0.25) is 0 Å². The number of benzene rings is 3. The Morgan fingerprint density at radius 3 is 1.32 bits per heavy atom. The van der Waals surface area contributed by atoms with Gasteiger partial charge in [0.1, 0.15) is 0 Å². The van der Waals surface area contributed by atoms with Crippen LogP contribution in [0.25, 0.3) is 0 Å². The first-order valence-electron chi connectivity index (χ1n) is 7.30. The van der Waals surface area contributed by atoms with Gasteiger partial charge >= 0.3 is 0 Å². The van der Waals surface area contributed by atoms with Crippen molar-refractivity contribution in [1.82, 2.24) is 0 Å². The second-order valence-electron chi connectivity index (χ2n) is 5.35. The van der Waals surface area contributed by atoms with Crippen molar-refractivity contribution >= 4 is 22.7 Å². The van der Waals surface area contributed by atoms with Crippen LogP contribution in [0.4, 0.5) is 22.7 Å². The van der Waals surface area contributed by atoms with Gasteiger partial charge in [0.2, 0.25) is 0 Å². The van der Waals surface area contributed by atoms with E-state index in [0.717, 1.165) is 22.7 Å². The van der Waals surface area contributed by atoms with Crippen molar-refractivity contribution in [3.05, 3.63) is 83.9 Å². The second-order valence-corrected chi connectivity index (χ2v) is 5.35. The van der Waals surface area contributed by atoms with Crippen LogP contribution in [0.2, 0.25) is 0 Å². The molecule has 3 rings (SSSR count). The Balaban J connectivity index is 1.83. The van der Waals surface area contributed by atoms with Crippen molar-refractivity contribution in [1.29, 1.82) is 0 Å². The zero-order valence-corrected chi connectivity index (χ0v) is 12.8. The maximum atomic E-state index is 3.38. The Kier molecular flexibility index (Phi) is 4.10. The van der Waals surface area contributed by atoms with Crippen LogP contribution in [0.3, 0.4) is 0 Å². The van der Waals surface area contributed by atoms with E-state index in [9.17, 15) is 0 Å². The molecule has 0 aromatic heterocycles. The highest BCUT2D eigenvalue weighted by molar-refractivity contribution is 5.77. The van der Waals surface area contributed by atoms with Gasteiger partial charge in [-0.25, -0.2) is 0 Å². The summed E-state index contributed by atoms with van der Waals surface area (Å²) in [5.41, 5.74) is 6.32. The molecule has 0 aliphatic rings. The van der Waals surface area contributed by atoms with Crippen LogP contribution >= 0.6 is 0 Å². The normalized spacial score (nSPS) is 10.3. The first-order chi connectivity index (χ1) is 10.7. The summed E-state index contributed by atoms with van der Waals surface area (Å²) >= 11 is 0. The molecule has 3 aromatic carbocycles. The highest BCUT2D eigenvalue weighted by atomic mass is 15.0. The number of nitrogens with one attached hydrogen (secondary N) is 2. The summed E-state index contributed by atoms with van der Waals surface area (Å²) in [7, 11) is 0. The van der Waals surface area contributed by atoms with Crippen LogP contribution in [0, 0.1) is 26.0 Å². The van der Waals surface area contributed by atoms with E-state index in [4.69, 9.17) is 0 Å². The lowest BCUT2D eigenvalue weighted by molar-refractivity contribution is 1.43. The molecule has 0 saturated carbocycles. The first-order valence-corrected chi connectivity index (χ1v) is 7.30. The summed E-state index contributed by atoms with van der Waals surface area (Å²) < 4.78 is 0. The molecule has 0 heterocycles. The quantitative estimate of drug-likeness (QED) is 0.672. The molecule has 0 aliphatic carbocycles. The van der Waals surface area contributed by atoms with Crippen molar-refractivity contribution in [3.8, 4) is 0 Å². The molecule has 2 N–H and O–H groups in total. The third-order valence-electron chi connectivity index (χ3n) is 3.43. The zero-order chi connectivity index (χ0) is 15.4. The van der Waals surface area contributed by atoms with Crippen LogP contribution < -0.4 is 10.6 Å². The molecule has 3 aromatic rings. The highest BCUT2D eigenvalue weighted by Gasteiger charge is 2.03. The monoisotopic (exact) mass is 286 g/mol. The van der Waals surface area contributed by atoms with Crippen LogP contribution in [0.1, 0.15) is 11.1 Å². The largest absolute Gasteiger partial charge is 0.353 e. The van der Waals surface area contributed by atoms with Crippen LogP contribution in [0.15, 0.2) is 60.7 Å². The van der Waals surface area contributed by atoms with Gasteiger partial charge in [-0.15, -0.1) is 0 Å². The van der Waals surface area contributed by atoms with Crippen LogP contribution in [-0.4, -0.2) is 0 Å². The molecular weight excluding hydrogens is 268 g/mol. The average molecular weight is 286 g/mol.